The van der Waals surface area contributed by atoms with Crippen LogP contribution in [-0.4, -0.2) is 55.3 Å². The number of carbonyl (C=O) groups is 1. The fourth-order valence-electron chi connectivity index (χ4n) is 2.24. The lowest BCUT2D eigenvalue weighted by molar-refractivity contribution is -0.136. The third-order valence-electron chi connectivity index (χ3n) is 3.68. The second-order valence-corrected chi connectivity index (χ2v) is 7.24. The highest BCUT2D eigenvalue weighted by molar-refractivity contribution is 7.90. The van der Waals surface area contributed by atoms with E-state index in [4.69, 9.17) is 5.11 Å². The van der Waals surface area contributed by atoms with Crippen molar-refractivity contribution in [1.29, 1.82) is 0 Å². The number of nitrogens with one attached hydrogen (secondary N) is 1. The van der Waals surface area contributed by atoms with Gasteiger partial charge in [-0.25, -0.2) is 13.1 Å². The van der Waals surface area contributed by atoms with Gasteiger partial charge in [0.25, 0.3) is 0 Å². The van der Waals surface area contributed by atoms with Crippen LogP contribution in [0.4, 0.5) is 0 Å². The quantitative estimate of drug-likeness (QED) is 0.673. The van der Waals surface area contributed by atoms with E-state index in [9.17, 15) is 13.2 Å². The van der Waals surface area contributed by atoms with Crippen LogP contribution in [-0.2, 0) is 14.8 Å². The molecule has 2 N–H and O–H groups in total. The van der Waals surface area contributed by atoms with Gasteiger partial charge in [-0.1, -0.05) is 6.42 Å². The maximum Gasteiger partial charge on any atom is 0.323 e. The van der Waals surface area contributed by atoms with Crippen molar-refractivity contribution in [2.24, 2.45) is 0 Å². The Labute approximate surface area is 115 Å². The fourth-order valence-corrected chi connectivity index (χ4v) is 3.19. The Morgan fingerprint density at radius 3 is 2.74 bits per heavy atom. The molecular formula is C12H24N2O4S. The number of piperidine rings is 1. The van der Waals surface area contributed by atoms with Gasteiger partial charge in [0.15, 0.2) is 5.25 Å². The van der Waals surface area contributed by atoms with Gasteiger partial charge in [-0.15, -0.1) is 0 Å². The molecule has 1 fully saturated rings. The zero-order valence-electron chi connectivity index (χ0n) is 11.6. The predicted molar refractivity (Wildman–Crippen MR) is 73.5 cm³/mol. The monoisotopic (exact) mass is 292 g/mol. The van der Waals surface area contributed by atoms with Crippen LogP contribution < -0.4 is 4.72 Å². The summed E-state index contributed by atoms with van der Waals surface area (Å²) in [6.07, 6.45) is 4.37. The van der Waals surface area contributed by atoms with Gasteiger partial charge in [0.05, 0.1) is 0 Å². The van der Waals surface area contributed by atoms with E-state index < -0.39 is 21.2 Å². The number of nitrogens with zero attached hydrogens (tertiary/aromatic N) is 1. The van der Waals surface area contributed by atoms with Crippen molar-refractivity contribution in [3.8, 4) is 0 Å². The Balaban J connectivity index is 2.28. The molecule has 2 atom stereocenters. The largest absolute Gasteiger partial charge is 0.480 e. The molecular weight excluding hydrogens is 268 g/mol. The molecule has 2 unspecified atom stereocenters. The van der Waals surface area contributed by atoms with Crippen LogP contribution >= 0.6 is 0 Å². The summed E-state index contributed by atoms with van der Waals surface area (Å²) in [6, 6.07) is 0.559. The van der Waals surface area contributed by atoms with Crippen LogP contribution in [0.1, 0.15) is 39.5 Å². The molecule has 0 aliphatic carbocycles. The lowest BCUT2D eigenvalue weighted by Crippen LogP contribution is -2.41. The van der Waals surface area contributed by atoms with Crippen LogP contribution in [0.3, 0.4) is 0 Å². The van der Waals surface area contributed by atoms with E-state index in [-0.39, 0.29) is 0 Å². The van der Waals surface area contributed by atoms with Crippen molar-refractivity contribution in [1.82, 2.24) is 9.62 Å². The molecule has 1 heterocycles. The van der Waals surface area contributed by atoms with Gasteiger partial charge in [-0.2, -0.15) is 0 Å². The highest BCUT2D eigenvalue weighted by Gasteiger charge is 2.27. The van der Waals surface area contributed by atoms with E-state index in [1.807, 2.05) is 0 Å². The Morgan fingerprint density at radius 2 is 2.16 bits per heavy atom. The van der Waals surface area contributed by atoms with Gasteiger partial charge >= 0.3 is 5.97 Å². The first-order valence-electron chi connectivity index (χ1n) is 6.80. The second kappa shape index (κ2) is 7.21. The number of aliphatic carboxylic acids is 1. The predicted octanol–water partition coefficient (Wildman–Crippen LogP) is 0.643. The second-order valence-electron chi connectivity index (χ2n) is 5.15. The van der Waals surface area contributed by atoms with Gasteiger partial charge in [0, 0.05) is 12.6 Å². The van der Waals surface area contributed by atoms with E-state index in [1.165, 1.54) is 26.2 Å². The number of hydrogen-bond donors (Lipinski definition) is 2. The number of likely N-dealkylation sites (tertiary alicyclic amines) is 1. The third-order valence-corrected chi connectivity index (χ3v) is 5.42. The molecule has 0 aromatic carbocycles. The minimum absolute atomic E-state index is 0.295. The van der Waals surface area contributed by atoms with Crippen molar-refractivity contribution in [3.63, 3.8) is 0 Å². The number of rotatable bonds is 7. The van der Waals surface area contributed by atoms with Gasteiger partial charge in [0.2, 0.25) is 10.0 Å². The topological polar surface area (TPSA) is 86.7 Å². The van der Waals surface area contributed by atoms with E-state index in [0.29, 0.717) is 19.0 Å². The maximum absolute atomic E-state index is 11.6. The highest BCUT2D eigenvalue weighted by Crippen LogP contribution is 2.16. The van der Waals surface area contributed by atoms with Crippen molar-refractivity contribution in [2.75, 3.05) is 19.6 Å². The van der Waals surface area contributed by atoms with E-state index >= 15 is 0 Å². The normalized spacial score (nSPS) is 23.2. The molecule has 0 amide bonds. The molecule has 7 heteroatoms. The summed E-state index contributed by atoms with van der Waals surface area (Å²) in [5.41, 5.74) is 0. The maximum atomic E-state index is 11.6. The number of carboxylic acid groups (broad SMARTS) is 1. The lowest BCUT2D eigenvalue weighted by Gasteiger charge is -2.33. The van der Waals surface area contributed by atoms with Crippen LogP contribution in [0.15, 0.2) is 0 Å². The van der Waals surface area contributed by atoms with Gasteiger partial charge in [-0.3, -0.25) is 4.79 Å². The van der Waals surface area contributed by atoms with Crippen LogP contribution in [0, 0.1) is 0 Å². The van der Waals surface area contributed by atoms with Crippen LogP contribution in [0.2, 0.25) is 0 Å². The average Bonchev–Trinajstić information content (AvgIpc) is 2.35. The Morgan fingerprint density at radius 1 is 1.47 bits per heavy atom. The molecule has 1 saturated heterocycles. The SMILES string of the molecule is CC1CCCCN1CCCNS(=O)(=O)C(C)C(=O)O. The molecule has 6 nitrogen and oxygen atoms in total. The zero-order chi connectivity index (χ0) is 14.5. The molecule has 19 heavy (non-hydrogen) atoms. The highest BCUT2D eigenvalue weighted by atomic mass is 32.2. The summed E-state index contributed by atoms with van der Waals surface area (Å²) < 4.78 is 25.5. The van der Waals surface area contributed by atoms with E-state index in [0.717, 1.165) is 13.1 Å². The van der Waals surface area contributed by atoms with Crippen molar-refractivity contribution in [3.05, 3.63) is 0 Å². The molecule has 1 aliphatic heterocycles. The molecule has 0 aromatic rings. The van der Waals surface area contributed by atoms with Gasteiger partial charge in [-0.05, 0) is 46.2 Å². The van der Waals surface area contributed by atoms with Crippen molar-refractivity contribution < 1.29 is 18.3 Å². The standard InChI is InChI=1S/C12H24N2O4S/c1-10-6-3-4-8-14(10)9-5-7-13-19(17,18)11(2)12(15)16/h10-11,13H,3-9H2,1-2H3,(H,15,16). The minimum atomic E-state index is -3.74. The number of sulfonamides is 1. The minimum Gasteiger partial charge on any atom is -0.480 e. The first kappa shape index (κ1) is 16.4. The Bertz CT molecular complexity index is 397. The third kappa shape index (κ3) is 5.08. The summed E-state index contributed by atoms with van der Waals surface area (Å²) in [4.78, 5) is 13.0. The van der Waals surface area contributed by atoms with Gasteiger partial charge in [0.1, 0.15) is 0 Å². The summed E-state index contributed by atoms with van der Waals surface area (Å²) in [5, 5.41) is 7.28. The Kier molecular flexibility index (Phi) is 6.22. The molecule has 0 spiro atoms. The molecule has 0 bridgehead atoms. The molecule has 112 valence electrons. The smallest absolute Gasteiger partial charge is 0.323 e. The molecule has 0 radical (unpaired) electrons. The molecule has 1 rings (SSSR count). The lowest BCUT2D eigenvalue weighted by atomic mass is 10.0. The molecule has 0 aromatic heterocycles. The van der Waals surface area contributed by atoms with Crippen molar-refractivity contribution in [2.45, 2.75) is 50.8 Å². The summed E-state index contributed by atoms with van der Waals surface area (Å²) >= 11 is 0. The zero-order valence-corrected chi connectivity index (χ0v) is 12.4. The van der Waals surface area contributed by atoms with Crippen molar-refractivity contribution >= 4 is 16.0 Å². The number of hydrogen-bond acceptors (Lipinski definition) is 4. The number of carboxylic acids is 1. The van der Waals surface area contributed by atoms with E-state index in [1.54, 1.807) is 0 Å². The average molecular weight is 292 g/mol. The first-order chi connectivity index (χ1) is 8.84. The van der Waals surface area contributed by atoms with Gasteiger partial charge < -0.3 is 10.0 Å². The molecule has 1 aliphatic rings. The summed E-state index contributed by atoms with van der Waals surface area (Å²) in [6.45, 7) is 5.58. The van der Waals surface area contributed by atoms with Crippen LogP contribution in [0.5, 0.6) is 0 Å². The van der Waals surface area contributed by atoms with Crippen LogP contribution in [0.25, 0.3) is 0 Å². The van der Waals surface area contributed by atoms with E-state index in [2.05, 4.69) is 16.5 Å². The summed E-state index contributed by atoms with van der Waals surface area (Å²) in [5.74, 6) is -1.32. The Hall–Kier alpha value is -0.660. The summed E-state index contributed by atoms with van der Waals surface area (Å²) in [7, 11) is -3.74. The fraction of sp³-hybridized carbons (Fsp3) is 0.917. The first-order valence-corrected chi connectivity index (χ1v) is 8.34. The molecule has 0 saturated carbocycles.